The van der Waals surface area contributed by atoms with Gasteiger partial charge in [0.1, 0.15) is 12.4 Å². The number of hydrogen-bond acceptors (Lipinski definition) is 4. The van der Waals surface area contributed by atoms with Crippen LogP contribution in [0.4, 0.5) is 4.39 Å². The van der Waals surface area contributed by atoms with Crippen molar-refractivity contribution < 1.29 is 13.9 Å². The second-order valence-electron chi connectivity index (χ2n) is 7.70. The molecule has 1 spiro atoms. The molecular formula is C19H22FN5O2. The molecule has 1 atom stereocenters. The van der Waals surface area contributed by atoms with E-state index in [1.165, 1.54) is 18.9 Å². The normalized spacial score (nSPS) is 25.0. The van der Waals surface area contributed by atoms with E-state index in [4.69, 9.17) is 4.74 Å². The summed E-state index contributed by atoms with van der Waals surface area (Å²) in [5.74, 6) is -0.255. The van der Waals surface area contributed by atoms with Crippen LogP contribution in [0.5, 0.6) is 0 Å². The van der Waals surface area contributed by atoms with E-state index in [2.05, 4.69) is 20.8 Å². The van der Waals surface area contributed by atoms with E-state index in [1.54, 1.807) is 12.1 Å². The molecule has 2 saturated heterocycles. The van der Waals surface area contributed by atoms with E-state index >= 15 is 0 Å². The van der Waals surface area contributed by atoms with Gasteiger partial charge in [-0.25, -0.2) is 9.38 Å². The van der Waals surface area contributed by atoms with Crippen LogP contribution in [0.1, 0.15) is 37.6 Å². The van der Waals surface area contributed by atoms with Gasteiger partial charge in [-0.3, -0.25) is 10.2 Å². The van der Waals surface area contributed by atoms with Crippen LogP contribution in [0.15, 0.2) is 29.3 Å². The van der Waals surface area contributed by atoms with Crippen LogP contribution >= 0.6 is 0 Å². The second kappa shape index (κ2) is 6.23. The lowest BCUT2D eigenvalue weighted by atomic mass is 9.94. The van der Waals surface area contributed by atoms with Gasteiger partial charge in [0, 0.05) is 24.0 Å². The van der Waals surface area contributed by atoms with Crippen LogP contribution in [0, 0.1) is 11.2 Å². The van der Waals surface area contributed by atoms with Crippen molar-refractivity contribution in [1.82, 2.24) is 20.7 Å². The minimum absolute atomic E-state index is 0.0273. The molecule has 3 N–H and O–H groups in total. The Morgan fingerprint density at radius 1 is 1.30 bits per heavy atom. The number of hydrogen-bond donors (Lipinski definition) is 3. The minimum atomic E-state index is -0.518. The van der Waals surface area contributed by atoms with Crippen molar-refractivity contribution in [3.8, 4) is 0 Å². The number of rotatable bonds is 3. The number of halogens is 1. The molecule has 8 heteroatoms. The molecule has 3 aliphatic rings. The third-order valence-electron chi connectivity index (χ3n) is 5.95. The summed E-state index contributed by atoms with van der Waals surface area (Å²) in [7, 11) is 0. The second-order valence-corrected chi connectivity index (χ2v) is 7.70. The average molecular weight is 371 g/mol. The van der Waals surface area contributed by atoms with E-state index in [1.807, 2.05) is 11.0 Å². The Hall–Kier alpha value is -2.61. The maximum atomic E-state index is 13.8. The zero-order valence-electron chi connectivity index (χ0n) is 14.9. The number of aromatic nitrogens is 1. The average Bonchev–Trinajstić information content (AvgIpc) is 3.10. The van der Waals surface area contributed by atoms with Crippen molar-refractivity contribution in [3.63, 3.8) is 0 Å². The lowest BCUT2D eigenvalue weighted by molar-refractivity contribution is -0.131. The van der Waals surface area contributed by atoms with Crippen molar-refractivity contribution in [2.75, 3.05) is 19.6 Å². The topological polar surface area (TPSA) is 81.8 Å². The highest BCUT2D eigenvalue weighted by Gasteiger charge is 2.45. The number of amides is 1. The molecule has 1 amide bonds. The Morgan fingerprint density at radius 2 is 2.11 bits per heavy atom. The third kappa shape index (κ3) is 3.14. The molecule has 7 nitrogen and oxygen atoms in total. The highest BCUT2D eigenvalue weighted by Crippen LogP contribution is 2.53. The molecule has 0 radical (unpaired) electrons. The van der Waals surface area contributed by atoms with Gasteiger partial charge in [-0.15, -0.1) is 0 Å². The molecule has 0 bridgehead atoms. The molecule has 3 heterocycles. The SMILES string of the molecule is O=C(CN=C1NNC(c2cc3c(F)cccc3[nH]2)O1)N1CCC2(CC1)CC2. The smallest absolute Gasteiger partial charge is 0.302 e. The van der Waals surface area contributed by atoms with Gasteiger partial charge in [-0.1, -0.05) is 6.07 Å². The van der Waals surface area contributed by atoms with Crippen molar-refractivity contribution in [3.05, 3.63) is 35.8 Å². The fourth-order valence-corrected chi connectivity index (χ4v) is 3.94. The van der Waals surface area contributed by atoms with Gasteiger partial charge in [-0.2, -0.15) is 5.43 Å². The highest BCUT2D eigenvalue weighted by atomic mass is 19.1. The van der Waals surface area contributed by atoms with Crippen LogP contribution in [-0.4, -0.2) is 41.4 Å². The standard InChI is InChI=1S/C19H22FN5O2/c20-13-2-1-3-14-12(13)10-15(22-14)17-23-24-18(27-17)21-11-16(26)25-8-6-19(4-5-19)7-9-25/h1-3,10,17,22-23H,4-9,11H2,(H,21,24). The first-order valence-electron chi connectivity index (χ1n) is 9.40. The number of piperidine rings is 1. The van der Waals surface area contributed by atoms with Gasteiger partial charge in [0.05, 0.1) is 5.69 Å². The van der Waals surface area contributed by atoms with Crippen LogP contribution in [0.2, 0.25) is 0 Å². The van der Waals surface area contributed by atoms with Crippen LogP contribution in [-0.2, 0) is 9.53 Å². The van der Waals surface area contributed by atoms with Crippen LogP contribution in [0.3, 0.4) is 0 Å². The fourth-order valence-electron chi connectivity index (χ4n) is 3.94. The number of hydrazine groups is 1. The fraction of sp³-hybridized carbons (Fsp3) is 0.474. The van der Waals surface area contributed by atoms with E-state index in [0.717, 1.165) is 25.9 Å². The Morgan fingerprint density at radius 3 is 2.85 bits per heavy atom. The summed E-state index contributed by atoms with van der Waals surface area (Å²) < 4.78 is 19.5. The van der Waals surface area contributed by atoms with Gasteiger partial charge < -0.3 is 14.6 Å². The number of carbonyl (C=O) groups is 1. The Labute approximate surface area is 155 Å². The molecule has 2 aromatic rings. The van der Waals surface area contributed by atoms with Gasteiger partial charge >= 0.3 is 6.02 Å². The van der Waals surface area contributed by atoms with Crippen LogP contribution in [0.25, 0.3) is 10.9 Å². The maximum Gasteiger partial charge on any atom is 0.302 e. The first-order chi connectivity index (χ1) is 13.1. The number of aliphatic imine (C=N–C) groups is 1. The quantitative estimate of drug-likeness (QED) is 0.773. The number of fused-ring (bicyclic) bond motifs is 1. The summed E-state index contributed by atoms with van der Waals surface area (Å²) in [5.41, 5.74) is 7.72. The van der Waals surface area contributed by atoms with Gasteiger partial charge in [0.2, 0.25) is 12.1 Å². The number of aromatic amines is 1. The molecule has 5 rings (SSSR count). The number of carbonyl (C=O) groups excluding carboxylic acids is 1. The zero-order chi connectivity index (χ0) is 18.4. The molecule has 1 unspecified atom stereocenters. The summed E-state index contributed by atoms with van der Waals surface area (Å²) in [4.78, 5) is 21.6. The molecule has 1 aromatic carbocycles. The van der Waals surface area contributed by atoms with Gasteiger partial charge in [-0.05, 0) is 49.3 Å². The largest absolute Gasteiger partial charge is 0.438 e. The summed E-state index contributed by atoms with van der Waals surface area (Å²) in [6.45, 7) is 1.73. The first-order valence-corrected chi connectivity index (χ1v) is 9.40. The van der Waals surface area contributed by atoms with E-state index in [0.29, 0.717) is 22.0 Å². The Bertz CT molecular complexity index is 910. The number of H-pyrrole nitrogens is 1. The first kappa shape index (κ1) is 16.6. The molecule has 1 aliphatic carbocycles. The summed E-state index contributed by atoms with van der Waals surface area (Å²) >= 11 is 0. The molecule has 3 fully saturated rings. The van der Waals surface area contributed by atoms with Gasteiger partial charge in [0.15, 0.2) is 0 Å². The predicted octanol–water partition coefficient (Wildman–Crippen LogP) is 2.19. The van der Waals surface area contributed by atoms with Crippen molar-refractivity contribution in [1.29, 1.82) is 0 Å². The van der Waals surface area contributed by atoms with Gasteiger partial charge in [0.25, 0.3) is 0 Å². The highest BCUT2D eigenvalue weighted by molar-refractivity contribution is 5.83. The molecule has 1 aromatic heterocycles. The zero-order valence-corrected chi connectivity index (χ0v) is 14.9. The number of amidine groups is 1. The lowest BCUT2D eigenvalue weighted by Gasteiger charge is -2.31. The van der Waals surface area contributed by atoms with Crippen molar-refractivity contribution in [2.45, 2.75) is 31.9 Å². The summed E-state index contributed by atoms with van der Waals surface area (Å²) in [6, 6.07) is 6.86. The van der Waals surface area contributed by atoms with Crippen molar-refractivity contribution >= 4 is 22.8 Å². The summed E-state index contributed by atoms with van der Waals surface area (Å²) in [5, 5.41) is 0.511. The number of nitrogens with zero attached hydrogens (tertiary/aromatic N) is 2. The monoisotopic (exact) mass is 371 g/mol. The van der Waals surface area contributed by atoms with Crippen LogP contribution < -0.4 is 10.9 Å². The molecule has 2 aliphatic heterocycles. The Balaban J connectivity index is 1.20. The molecule has 142 valence electrons. The number of ether oxygens (including phenoxy) is 1. The van der Waals surface area contributed by atoms with E-state index < -0.39 is 6.23 Å². The van der Waals surface area contributed by atoms with E-state index in [-0.39, 0.29) is 24.3 Å². The van der Waals surface area contributed by atoms with Crippen molar-refractivity contribution in [2.24, 2.45) is 10.4 Å². The molecular weight excluding hydrogens is 349 g/mol. The summed E-state index contributed by atoms with van der Waals surface area (Å²) in [6.07, 6.45) is 4.35. The van der Waals surface area contributed by atoms with E-state index in [9.17, 15) is 9.18 Å². The number of benzene rings is 1. The minimum Gasteiger partial charge on any atom is -0.438 e. The Kier molecular flexibility index (Phi) is 3.82. The number of likely N-dealkylation sites (tertiary alicyclic amines) is 1. The molecule has 1 saturated carbocycles. The lowest BCUT2D eigenvalue weighted by Crippen LogP contribution is -2.40. The molecule has 27 heavy (non-hydrogen) atoms. The number of nitrogens with one attached hydrogen (secondary N) is 3. The maximum absolute atomic E-state index is 13.8. The predicted molar refractivity (Wildman–Crippen MR) is 98.1 cm³/mol. The third-order valence-corrected chi connectivity index (χ3v) is 5.95.